The molecule has 1 amide bonds. The predicted octanol–water partition coefficient (Wildman–Crippen LogP) is 2.38. The van der Waals surface area contributed by atoms with Crippen LogP contribution in [0.25, 0.3) is 0 Å². The Morgan fingerprint density at radius 1 is 1.20 bits per heavy atom. The van der Waals surface area contributed by atoms with E-state index in [1.807, 2.05) is 18.3 Å². The minimum absolute atomic E-state index is 0.0143. The molecule has 0 aliphatic carbocycles. The first-order valence-electron chi connectivity index (χ1n) is 7.27. The van der Waals surface area contributed by atoms with Crippen molar-refractivity contribution in [3.8, 4) is 0 Å². The number of anilines is 1. The van der Waals surface area contributed by atoms with Gasteiger partial charge >= 0.3 is 5.97 Å². The standard InChI is InChI=1S/C16H14BrN5O3/c1-21-14(16(24)25)13(7-18-21)15(23)20-12-4-2-10(3-5-12)8-22-9-11(17)6-19-22/h2-7,9H,8H2,1H3,(H,20,23)(H,24,25). The van der Waals surface area contributed by atoms with Crippen molar-refractivity contribution in [1.82, 2.24) is 19.6 Å². The number of nitrogens with one attached hydrogen (secondary N) is 1. The van der Waals surface area contributed by atoms with Crippen LogP contribution in [-0.4, -0.2) is 36.5 Å². The highest BCUT2D eigenvalue weighted by molar-refractivity contribution is 9.10. The minimum atomic E-state index is -1.20. The summed E-state index contributed by atoms with van der Waals surface area (Å²) in [6.07, 6.45) is 4.82. The zero-order chi connectivity index (χ0) is 18.0. The van der Waals surface area contributed by atoms with Gasteiger partial charge in [0.25, 0.3) is 5.91 Å². The Morgan fingerprint density at radius 2 is 1.92 bits per heavy atom. The third kappa shape index (κ3) is 3.77. The summed E-state index contributed by atoms with van der Waals surface area (Å²) >= 11 is 3.34. The number of benzene rings is 1. The number of hydrogen-bond donors (Lipinski definition) is 2. The number of carbonyl (C=O) groups excluding carboxylic acids is 1. The number of amides is 1. The second-order valence-electron chi connectivity index (χ2n) is 5.34. The first kappa shape index (κ1) is 16.9. The van der Waals surface area contributed by atoms with Gasteiger partial charge < -0.3 is 10.4 Å². The molecule has 3 rings (SSSR count). The molecule has 1 aromatic carbocycles. The van der Waals surface area contributed by atoms with E-state index in [2.05, 4.69) is 31.4 Å². The fraction of sp³-hybridized carbons (Fsp3) is 0.125. The quantitative estimate of drug-likeness (QED) is 0.680. The second-order valence-corrected chi connectivity index (χ2v) is 6.26. The van der Waals surface area contributed by atoms with E-state index >= 15 is 0 Å². The molecule has 2 aromatic heterocycles. The molecule has 25 heavy (non-hydrogen) atoms. The molecule has 0 aliphatic heterocycles. The molecule has 2 heterocycles. The Balaban J connectivity index is 1.71. The molecule has 0 radical (unpaired) electrons. The van der Waals surface area contributed by atoms with E-state index in [1.165, 1.54) is 13.2 Å². The van der Waals surface area contributed by atoms with Crippen LogP contribution < -0.4 is 5.32 Å². The van der Waals surface area contributed by atoms with Crippen LogP contribution in [-0.2, 0) is 13.6 Å². The third-order valence-corrected chi connectivity index (χ3v) is 3.95. The highest BCUT2D eigenvalue weighted by Crippen LogP contribution is 2.15. The molecule has 0 aliphatic rings. The summed E-state index contributed by atoms with van der Waals surface area (Å²) in [5.74, 6) is -1.72. The van der Waals surface area contributed by atoms with E-state index in [1.54, 1.807) is 23.0 Å². The van der Waals surface area contributed by atoms with Crippen LogP contribution in [0.2, 0.25) is 0 Å². The molecule has 0 fully saturated rings. The van der Waals surface area contributed by atoms with Crippen LogP contribution in [0.5, 0.6) is 0 Å². The summed E-state index contributed by atoms with van der Waals surface area (Å²) in [5.41, 5.74) is 1.44. The zero-order valence-electron chi connectivity index (χ0n) is 13.2. The maximum Gasteiger partial charge on any atom is 0.354 e. The van der Waals surface area contributed by atoms with E-state index in [-0.39, 0.29) is 11.3 Å². The van der Waals surface area contributed by atoms with Crippen molar-refractivity contribution in [2.45, 2.75) is 6.54 Å². The van der Waals surface area contributed by atoms with Crippen LogP contribution in [0.4, 0.5) is 5.69 Å². The van der Waals surface area contributed by atoms with E-state index in [4.69, 9.17) is 0 Å². The lowest BCUT2D eigenvalue weighted by Crippen LogP contribution is -2.17. The highest BCUT2D eigenvalue weighted by atomic mass is 79.9. The van der Waals surface area contributed by atoms with Crippen LogP contribution in [0.15, 0.2) is 47.3 Å². The molecular weight excluding hydrogens is 390 g/mol. The largest absolute Gasteiger partial charge is 0.477 e. The van der Waals surface area contributed by atoms with Crippen molar-refractivity contribution in [2.75, 3.05) is 5.32 Å². The van der Waals surface area contributed by atoms with Crippen LogP contribution in [0.3, 0.4) is 0 Å². The third-order valence-electron chi connectivity index (χ3n) is 3.54. The van der Waals surface area contributed by atoms with Crippen molar-refractivity contribution in [3.63, 3.8) is 0 Å². The Hall–Kier alpha value is -2.94. The van der Waals surface area contributed by atoms with Crippen LogP contribution in [0.1, 0.15) is 26.4 Å². The maximum atomic E-state index is 12.3. The van der Waals surface area contributed by atoms with Crippen LogP contribution >= 0.6 is 15.9 Å². The molecule has 8 nitrogen and oxygen atoms in total. The topological polar surface area (TPSA) is 102 Å². The smallest absolute Gasteiger partial charge is 0.354 e. The number of halogens is 1. The second kappa shape index (κ2) is 6.89. The lowest BCUT2D eigenvalue weighted by atomic mass is 10.2. The maximum absolute atomic E-state index is 12.3. The summed E-state index contributed by atoms with van der Waals surface area (Å²) < 4.78 is 3.84. The Morgan fingerprint density at radius 3 is 2.52 bits per heavy atom. The normalized spacial score (nSPS) is 10.6. The van der Waals surface area contributed by atoms with Gasteiger partial charge in [-0.3, -0.25) is 14.2 Å². The first-order chi connectivity index (χ1) is 11.9. The van der Waals surface area contributed by atoms with E-state index in [0.717, 1.165) is 14.7 Å². The Labute approximate surface area is 151 Å². The average molecular weight is 404 g/mol. The van der Waals surface area contributed by atoms with Gasteiger partial charge in [-0.15, -0.1) is 0 Å². The molecule has 0 atom stereocenters. The van der Waals surface area contributed by atoms with Gasteiger partial charge in [0.15, 0.2) is 5.69 Å². The summed E-state index contributed by atoms with van der Waals surface area (Å²) in [6.45, 7) is 0.603. The number of carboxylic acids is 1. The minimum Gasteiger partial charge on any atom is -0.477 e. The SMILES string of the molecule is Cn1ncc(C(=O)Nc2ccc(Cn3cc(Br)cn3)cc2)c1C(=O)O. The lowest BCUT2D eigenvalue weighted by Gasteiger charge is -2.07. The molecule has 128 valence electrons. The molecule has 9 heteroatoms. The number of aryl methyl sites for hydroxylation is 1. The fourth-order valence-corrected chi connectivity index (χ4v) is 2.69. The number of hydrogen-bond acceptors (Lipinski definition) is 4. The van der Waals surface area contributed by atoms with Crippen molar-refractivity contribution >= 4 is 33.5 Å². The van der Waals surface area contributed by atoms with Gasteiger partial charge in [0.2, 0.25) is 0 Å². The number of carbonyl (C=O) groups is 2. The molecule has 2 N–H and O–H groups in total. The van der Waals surface area contributed by atoms with Gasteiger partial charge in [-0.2, -0.15) is 10.2 Å². The highest BCUT2D eigenvalue weighted by Gasteiger charge is 2.21. The molecular formula is C16H14BrN5O3. The zero-order valence-corrected chi connectivity index (χ0v) is 14.8. The number of aromatic nitrogens is 4. The molecule has 0 saturated carbocycles. The van der Waals surface area contributed by atoms with Crippen LogP contribution in [0, 0.1) is 0 Å². The van der Waals surface area contributed by atoms with E-state index in [0.29, 0.717) is 12.2 Å². The average Bonchev–Trinajstić information content (AvgIpc) is 3.15. The fourth-order valence-electron chi connectivity index (χ4n) is 2.36. The summed E-state index contributed by atoms with van der Waals surface area (Å²) in [4.78, 5) is 23.5. The molecule has 0 bridgehead atoms. The molecule has 0 saturated heterocycles. The van der Waals surface area contributed by atoms with E-state index < -0.39 is 11.9 Å². The number of carboxylic acid groups (broad SMARTS) is 1. The first-order valence-corrected chi connectivity index (χ1v) is 8.07. The van der Waals surface area contributed by atoms with Crippen molar-refractivity contribution in [3.05, 3.63) is 64.1 Å². The molecule has 0 spiro atoms. The number of aromatic carboxylic acids is 1. The van der Waals surface area contributed by atoms with Gasteiger partial charge in [0, 0.05) is 18.9 Å². The number of nitrogens with zero attached hydrogens (tertiary/aromatic N) is 4. The lowest BCUT2D eigenvalue weighted by molar-refractivity contribution is 0.0680. The molecule has 0 unspecified atom stereocenters. The molecule has 3 aromatic rings. The summed E-state index contributed by atoms with van der Waals surface area (Å²) in [7, 11) is 1.47. The van der Waals surface area contributed by atoms with Crippen molar-refractivity contribution in [2.24, 2.45) is 7.05 Å². The van der Waals surface area contributed by atoms with Gasteiger partial charge in [-0.25, -0.2) is 4.79 Å². The van der Waals surface area contributed by atoms with Crippen molar-refractivity contribution < 1.29 is 14.7 Å². The Bertz CT molecular complexity index is 930. The summed E-state index contributed by atoms with van der Waals surface area (Å²) in [5, 5.41) is 19.9. The van der Waals surface area contributed by atoms with Gasteiger partial charge in [0.1, 0.15) is 0 Å². The van der Waals surface area contributed by atoms with Gasteiger partial charge in [0.05, 0.1) is 29.0 Å². The van der Waals surface area contributed by atoms with Gasteiger partial charge in [-0.05, 0) is 33.6 Å². The van der Waals surface area contributed by atoms with E-state index in [9.17, 15) is 14.7 Å². The van der Waals surface area contributed by atoms with Crippen molar-refractivity contribution in [1.29, 1.82) is 0 Å². The monoisotopic (exact) mass is 403 g/mol. The predicted molar refractivity (Wildman–Crippen MR) is 93.6 cm³/mol. The Kier molecular flexibility index (Phi) is 4.66. The number of rotatable bonds is 5. The summed E-state index contributed by atoms with van der Waals surface area (Å²) in [6, 6.07) is 7.24. The van der Waals surface area contributed by atoms with Gasteiger partial charge in [-0.1, -0.05) is 12.1 Å².